The average Bonchev–Trinajstić information content (AvgIpc) is 3.36. The summed E-state index contributed by atoms with van der Waals surface area (Å²) in [4.78, 5) is 32.1. The Balaban J connectivity index is 1.46. The third kappa shape index (κ3) is 6.96. The molecule has 2 amide bonds. The maximum Gasteiger partial charge on any atom is 0.325 e. The summed E-state index contributed by atoms with van der Waals surface area (Å²) >= 11 is 0. The fourth-order valence-corrected chi connectivity index (χ4v) is 4.75. The van der Waals surface area contributed by atoms with Crippen LogP contribution in [0.1, 0.15) is 37.7 Å². The zero-order valence-corrected chi connectivity index (χ0v) is 17.5. The number of carbonyl (C=O) groups excluding carboxylic acids is 1. The molecule has 7 nitrogen and oxygen atoms in total. The van der Waals surface area contributed by atoms with Crippen molar-refractivity contribution in [2.45, 2.75) is 50.7 Å². The number of rotatable bonds is 11. The summed E-state index contributed by atoms with van der Waals surface area (Å²) < 4.78 is 11.1. The van der Waals surface area contributed by atoms with Crippen LogP contribution in [0.15, 0.2) is 42.5 Å². The smallest absolute Gasteiger partial charge is 0.325 e. The largest absolute Gasteiger partial charge is 0.389 e. The molecule has 2 atom stereocenters. The summed E-state index contributed by atoms with van der Waals surface area (Å²) in [6, 6.07) is 9.60. The van der Waals surface area contributed by atoms with Crippen molar-refractivity contribution < 1.29 is 24.3 Å². The highest BCUT2D eigenvalue weighted by Gasteiger charge is 2.43. The van der Waals surface area contributed by atoms with Gasteiger partial charge >= 0.3 is 13.6 Å². The second kappa shape index (κ2) is 9.43. The molecule has 4 N–H and O–H groups in total. The molecule has 160 valence electrons. The maximum absolute atomic E-state index is 12.2. The van der Waals surface area contributed by atoms with Gasteiger partial charge in [0.15, 0.2) is 0 Å². The molecule has 0 spiro atoms. The van der Waals surface area contributed by atoms with Crippen LogP contribution in [0.4, 0.5) is 4.79 Å². The number of nitrogens with one attached hydrogen (secondary N) is 1. The lowest BCUT2D eigenvalue weighted by molar-refractivity contribution is 0.205. The summed E-state index contributed by atoms with van der Waals surface area (Å²) in [5.41, 5.74) is 1.11. The van der Waals surface area contributed by atoms with E-state index in [-0.39, 0.29) is 23.6 Å². The summed E-state index contributed by atoms with van der Waals surface area (Å²) in [6.07, 6.45) is 7.79. The van der Waals surface area contributed by atoms with E-state index in [1.54, 1.807) is 11.0 Å². The first-order valence-corrected chi connectivity index (χ1v) is 12.1. The van der Waals surface area contributed by atoms with Crippen molar-refractivity contribution in [2.24, 2.45) is 5.41 Å². The molecule has 1 aliphatic carbocycles. The van der Waals surface area contributed by atoms with Crippen LogP contribution >= 0.6 is 7.60 Å². The SMILES string of the molecule is O=C1NC[C@H](/C=C/C(O)Cc2ccccc2)N1CCCC1(CCP(=O)(O)O)CC1. The lowest BCUT2D eigenvalue weighted by atomic mass is 9.97. The number of hydrogen-bond donors (Lipinski definition) is 4. The molecular formula is C21H31N2O5P. The van der Waals surface area contributed by atoms with Crippen LogP contribution in [0, 0.1) is 5.41 Å². The Morgan fingerprint density at radius 3 is 2.62 bits per heavy atom. The van der Waals surface area contributed by atoms with Gasteiger partial charge in [-0.2, -0.15) is 0 Å². The van der Waals surface area contributed by atoms with E-state index < -0.39 is 13.7 Å². The number of hydrogen-bond acceptors (Lipinski definition) is 3. The highest BCUT2D eigenvalue weighted by molar-refractivity contribution is 7.51. The van der Waals surface area contributed by atoms with Crippen molar-refractivity contribution in [1.82, 2.24) is 10.2 Å². The molecule has 1 aromatic rings. The molecule has 1 aliphatic heterocycles. The lowest BCUT2D eigenvalue weighted by Gasteiger charge is -2.22. The fraction of sp³-hybridized carbons (Fsp3) is 0.571. The van der Waals surface area contributed by atoms with Gasteiger partial charge in [0.1, 0.15) is 0 Å². The fourth-order valence-electron chi connectivity index (χ4n) is 3.98. The molecule has 2 aliphatic rings. The molecule has 0 radical (unpaired) electrons. The second-order valence-electron chi connectivity index (χ2n) is 8.33. The minimum Gasteiger partial charge on any atom is -0.389 e. The number of urea groups is 1. The number of aliphatic hydroxyl groups excluding tert-OH is 1. The predicted molar refractivity (Wildman–Crippen MR) is 112 cm³/mol. The molecule has 0 aromatic heterocycles. The molecular weight excluding hydrogens is 391 g/mol. The van der Waals surface area contributed by atoms with Gasteiger partial charge in [0, 0.05) is 19.5 Å². The van der Waals surface area contributed by atoms with Crippen LogP contribution in [0.2, 0.25) is 0 Å². The number of carbonyl (C=O) groups is 1. The molecule has 3 rings (SSSR count). The quantitative estimate of drug-likeness (QED) is 0.324. The van der Waals surface area contributed by atoms with Crippen molar-refractivity contribution in [3.05, 3.63) is 48.0 Å². The van der Waals surface area contributed by atoms with Crippen molar-refractivity contribution in [3.63, 3.8) is 0 Å². The Bertz CT molecular complexity index is 760. The molecule has 1 saturated carbocycles. The van der Waals surface area contributed by atoms with Crippen LogP contribution in [-0.2, 0) is 11.0 Å². The lowest BCUT2D eigenvalue weighted by Crippen LogP contribution is -2.34. The Hall–Kier alpha value is -1.66. The number of nitrogens with zero attached hydrogens (tertiary/aromatic N) is 1. The topological polar surface area (TPSA) is 110 Å². The summed E-state index contributed by atoms with van der Waals surface area (Å²) in [5, 5.41) is 13.1. The molecule has 2 fully saturated rings. The highest BCUT2D eigenvalue weighted by Crippen LogP contribution is 2.55. The van der Waals surface area contributed by atoms with Gasteiger partial charge in [-0.15, -0.1) is 0 Å². The molecule has 1 heterocycles. The van der Waals surface area contributed by atoms with Crippen LogP contribution in [0.25, 0.3) is 0 Å². The Kier molecular flexibility index (Phi) is 7.17. The zero-order chi connectivity index (χ0) is 20.9. The van der Waals surface area contributed by atoms with Crippen molar-refractivity contribution >= 4 is 13.6 Å². The van der Waals surface area contributed by atoms with Crippen molar-refractivity contribution in [3.8, 4) is 0 Å². The van der Waals surface area contributed by atoms with E-state index in [4.69, 9.17) is 9.79 Å². The second-order valence-corrected chi connectivity index (χ2v) is 10.1. The van der Waals surface area contributed by atoms with Gasteiger partial charge in [0.25, 0.3) is 0 Å². The van der Waals surface area contributed by atoms with E-state index in [9.17, 15) is 14.5 Å². The Morgan fingerprint density at radius 2 is 1.97 bits per heavy atom. The van der Waals surface area contributed by atoms with Gasteiger partial charge in [0.2, 0.25) is 0 Å². The minimum absolute atomic E-state index is 0.0501. The van der Waals surface area contributed by atoms with Crippen LogP contribution in [0.3, 0.4) is 0 Å². The van der Waals surface area contributed by atoms with Crippen LogP contribution in [-0.4, -0.2) is 57.2 Å². The summed E-state index contributed by atoms with van der Waals surface area (Å²) in [5.74, 6) is 0. The number of aliphatic hydroxyl groups is 1. The van der Waals surface area contributed by atoms with Crippen molar-refractivity contribution in [2.75, 3.05) is 19.3 Å². The molecule has 1 aromatic carbocycles. The monoisotopic (exact) mass is 422 g/mol. The minimum atomic E-state index is -3.95. The predicted octanol–water partition coefficient (Wildman–Crippen LogP) is 2.67. The number of benzene rings is 1. The van der Waals surface area contributed by atoms with E-state index in [1.807, 2.05) is 36.4 Å². The van der Waals surface area contributed by atoms with Gasteiger partial charge < -0.3 is 25.1 Å². The first-order valence-electron chi connectivity index (χ1n) is 10.3. The van der Waals surface area contributed by atoms with E-state index >= 15 is 0 Å². The average molecular weight is 422 g/mol. The van der Waals surface area contributed by atoms with Gasteiger partial charge in [-0.3, -0.25) is 4.57 Å². The highest BCUT2D eigenvalue weighted by atomic mass is 31.2. The maximum atomic E-state index is 12.2. The van der Waals surface area contributed by atoms with Crippen LogP contribution in [0.5, 0.6) is 0 Å². The van der Waals surface area contributed by atoms with E-state index in [2.05, 4.69) is 5.32 Å². The molecule has 8 heteroatoms. The van der Waals surface area contributed by atoms with E-state index in [0.717, 1.165) is 31.2 Å². The Labute approximate surface area is 172 Å². The zero-order valence-electron chi connectivity index (χ0n) is 16.6. The van der Waals surface area contributed by atoms with E-state index in [1.165, 1.54) is 0 Å². The molecule has 0 bridgehead atoms. The molecule has 29 heavy (non-hydrogen) atoms. The number of amides is 2. The molecule has 1 unspecified atom stereocenters. The van der Waals surface area contributed by atoms with Gasteiger partial charge in [0.05, 0.1) is 18.3 Å². The Morgan fingerprint density at radius 1 is 1.24 bits per heavy atom. The first kappa shape index (κ1) is 22.0. The summed E-state index contributed by atoms with van der Waals surface area (Å²) in [7, 11) is -3.95. The van der Waals surface area contributed by atoms with Crippen molar-refractivity contribution in [1.29, 1.82) is 0 Å². The molecule has 1 saturated heterocycles. The van der Waals surface area contributed by atoms with Gasteiger partial charge in [-0.1, -0.05) is 42.5 Å². The van der Waals surface area contributed by atoms with E-state index in [0.29, 0.717) is 25.9 Å². The summed E-state index contributed by atoms with van der Waals surface area (Å²) in [6.45, 7) is 1.13. The standard InChI is InChI=1S/C21H31N2O5P/c24-19(15-17-5-2-1-3-6-17)8-7-18-16-22-20(25)23(18)13-4-9-21(10-11-21)12-14-29(26,27)28/h1-3,5-8,18-19,24H,4,9-16H2,(H,22,25)(H2,26,27,28)/b8-7+/t18-,19?/m0/s1. The first-order chi connectivity index (χ1) is 13.8. The van der Waals surface area contributed by atoms with Gasteiger partial charge in [-0.25, -0.2) is 4.79 Å². The van der Waals surface area contributed by atoms with Crippen LogP contribution < -0.4 is 5.32 Å². The third-order valence-electron chi connectivity index (χ3n) is 5.96. The van der Waals surface area contributed by atoms with Gasteiger partial charge in [-0.05, 0) is 43.1 Å². The normalized spacial score (nSPS) is 22.1. The third-order valence-corrected chi connectivity index (χ3v) is 6.77.